The molecule has 1 rings (SSSR count). The largest absolute Gasteiger partial charge is 0.481 e. The van der Waals surface area contributed by atoms with Gasteiger partial charge in [-0.05, 0) is 22.0 Å². The van der Waals surface area contributed by atoms with E-state index < -0.39 is 16.4 Å². The van der Waals surface area contributed by atoms with Crippen LogP contribution in [0, 0.1) is 5.92 Å². The molecule has 0 spiro atoms. The van der Waals surface area contributed by atoms with E-state index in [0.29, 0.717) is 4.48 Å². The number of aliphatic carboxylic acids is 1. The highest BCUT2D eigenvalue weighted by atomic mass is 79.9. The van der Waals surface area contributed by atoms with E-state index in [2.05, 4.69) is 31.9 Å². The maximum Gasteiger partial charge on any atom is 0.314 e. The van der Waals surface area contributed by atoms with E-state index in [1.807, 2.05) is 0 Å². The van der Waals surface area contributed by atoms with Crippen LogP contribution in [-0.4, -0.2) is 20.7 Å². The zero-order valence-electron chi connectivity index (χ0n) is 5.87. The van der Waals surface area contributed by atoms with Gasteiger partial charge in [-0.25, -0.2) is 0 Å². The van der Waals surface area contributed by atoms with Gasteiger partial charge in [-0.2, -0.15) is 0 Å². The minimum absolute atomic E-state index is 0.407. The molecule has 0 saturated heterocycles. The van der Waals surface area contributed by atoms with Crippen molar-refractivity contribution in [3.8, 4) is 0 Å². The summed E-state index contributed by atoms with van der Waals surface area (Å²) >= 11 is 6.00. The quantitative estimate of drug-likeness (QED) is 0.723. The van der Waals surface area contributed by atoms with Crippen LogP contribution >= 0.6 is 31.9 Å². The average molecular weight is 298 g/mol. The summed E-state index contributed by atoms with van der Waals surface area (Å²) in [6, 6.07) is 0. The van der Waals surface area contributed by atoms with Crippen molar-refractivity contribution in [3.05, 3.63) is 22.7 Å². The summed E-state index contributed by atoms with van der Waals surface area (Å²) in [7, 11) is 0. The lowest BCUT2D eigenvalue weighted by Crippen LogP contribution is -2.37. The first-order valence-corrected chi connectivity index (χ1v) is 4.73. The molecular formula is C7H6Br2O3. The number of hydrogen-bond donors (Lipinski definition) is 2. The topological polar surface area (TPSA) is 57.5 Å². The normalized spacial score (nSPS) is 34.6. The van der Waals surface area contributed by atoms with Gasteiger partial charge >= 0.3 is 5.97 Å². The fourth-order valence-electron chi connectivity index (χ4n) is 0.890. The molecule has 12 heavy (non-hydrogen) atoms. The van der Waals surface area contributed by atoms with Crippen molar-refractivity contribution in [2.75, 3.05) is 0 Å². The van der Waals surface area contributed by atoms with Crippen molar-refractivity contribution in [2.45, 2.75) is 4.51 Å². The Kier molecular flexibility index (Phi) is 2.75. The lowest BCUT2D eigenvalue weighted by molar-refractivity contribution is -0.143. The molecule has 66 valence electrons. The second-order valence-corrected chi connectivity index (χ2v) is 4.45. The Hall–Kier alpha value is -0.130. The van der Waals surface area contributed by atoms with E-state index in [4.69, 9.17) is 5.11 Å². The van der Waals surface area contributed by atoms with Gasteiger partial charge in [0.1, 0.15) is 5.92 Å². The first-order valence-electron chi connectivity index (χ1n) is 3.15. The van der Waals surface area contributed by atoms with Crippen LogP contribution in [0.3, 0.4) is 0 Å². The molecule has 1 aliphatic rings. The van der Waals surface area contributed by atoms with Gasteiger partial charge in [0.25, 0.3) is 0 Å². The predicted octanol–water partition coefficient (Wildman–Crippen LogP) is 1.62. The fraction of sp³-hybridized carbons (Fsp3) is 0.286. The lowest BCUT2D eigenvalue weighted by atomic mass is 9.98. The molecule has 0 radical (unpaired) electrons. The molecule has 1 aliphatic carbocycles. The Balaban J connectivity index is 3.01. The molecule has 0 fully saturated rings. The SMILES string of the molecule is O=C(O)C1C=CC=C(Br)C1(O)Br. The first kappa shape index (κ1) is 9.95. The molecule has 3 nitrogen and oxygen atoms in total. The predicted molar refractivity (Wildman–Crippen MR) is 51.2 cm³/mol. The zero-order valence-corrected chi connectivity index (χ0v) is 9.04. The third-order valence-corrected chi connectivity index (χ3v) is 3.88. The second-order valence-electron chi connectivity index (χ2n) is 2.39. The van der Waals surface area contributed by atoms with Crippen molar-refractivity contribution < 1.29 is 15.0 Å². The zero-order chi connectivity index (χ0) is 9.35. The molecule has 0 aromatic carbocycles. The maximum absolute atomic E-state index is 10.6. The number of alkyl halides is 1. The Labute approximate surface area is 86.0 Å². The summed E-state index contributed by atoms with van der Waals surface area (Å²) < 4.78 is -1.11. The van der Waals surface area contributed by atoms with Crippen LogP contribution < -0.4 is 0 Å². The van der Waals surface area contributed by atoms with Crippen LogP contribution in [0.4, 0.5) is 0 Å². The Morgan fingerprint density at radius 1 is 1.67 bits per heavy atom. The Bertz CT molecular complexity index is 268. The van der Waals surface area contributed by atoms with Gasteiger partial charge in [-0.3, -0.25) is 4.79 Å². The monoisotopic (exact) mass is 296 g/mol. The van der Waals surface area contributed by atoms with Gasteiger partial charge in [0.15, 0.2) is 4.51 Å². The second kappa shape index (κ2) is 3.32. The molecule has 0 bridgehead atoms. The third-order valence-electron chi connectivity index (χ3n) is 1.56. The lowest BCUT2D eigenvalue weighted by Gasteiger charge is -2.27. The third kappa shape index (κ3) is 1.62. The summed E-state index contributed by atoms with van der Waals surface area (Å²) in [6.07, 6.45) is 4.59. The van der Waals surface area contributed by atoms with Gasteiger partial charge in [0.2, 0.25) is 0 Å². The van der Waals surface area contributed by atoms with E-state index in [9.17, 15) is 9.90 Å². The number of allylic oxidation sites excluding steroid dienone is 2. The summed E-state index contributed by atoms with van der Waals surface area (Å²) in [4.78, 5) is 10.6. The van der Waals surface area contributed by atoms with Crippen LogP contribution in [-0.2, 0) is 4.79 Å². The van der Waals surface area contributed by atoms with Crippen LogP contribution in [0.15, 0.2) is 22.7 Å². The Morgan fingerprint density at radius 2 is 2.25 bits per heavy atom. The van der Waals surface area contributed by atoms with E-state index in [1.165, 1.54) is 6.08 Å². The Morgan fingerprint density at radius 3 is 2.67 bits per heavy atom. The number of aliphatic hydroxyl groups is 1. The highest BCUT2D eigenvalue weighted by Gasteiger charge is 2.41. The smallest absolute Gasteiger partial charge is 0.314 e. The number of carbonyl (C=O) groups is 1. The number of hydrogen-bond acceptors (Lipinski definition) is 2. The van der Waals surface area contributed by atoms with Crippen LogP contribution in [0.2, 0.25) is 0 Å². The van der Waals surface area contributed by atoms with E-state index in [1.54, 1.807) is 12.2 Å². The van der Waals surface area contributed by atoms with Crippen molar-refractivity contribution in [3.63, 3.8) is 0 Å². The van der Waals surface area contributed by atoms with Crippen molar-refractivity contribution >= 4 is 37.8 Å². The molecule has 0 saturated carbocycles. The van der Waals surface area contributed by atoms with Crippen LogP contribution in [0.5, 0.6) is 0 Å². The van der Waals surface area contributed by atoms with Gasteiger partial charge in [0, 0.05) is 4.48 Å². The molecule has 0 heterocycles. The molecule has 0 aliphatic heterocycles. The number of carboxylic acids is 1. The summed E-state index contributed by atoms with van der Waals surface area (Å²) in [6.45, 7) is 0. The molecule has 5 heteroatoms. The van der Waals surface area contributed by atoms with Gasteiger partial charge in [0.05, 0.1) is 0 Å². The molecule has 2 atom stereocenters. The maximum atomic E-state index is 10.6. The minimum atomic E-state index is -1.52. The van der Waals surface area contributed by atoms with Gasteiger partial charge < -0.3 is 10.2 Å². The van der Waals surface area contributed by atoms with E-state index >= 15 is 0 Å². The fourth-order valence-corrected chi connectivity index (χ4v) is 1.77. The van der Waals surface area contributed by atoms with Crippen molar-refractivity contribution in [2.24, 2.45) is 5.92 Å². The number of carboxylic acid groups (broad SMARTS) is 1. The van der Waals surface area contributed by atoms with Crippen LogP contribution in [0.1, 0.15) is 0 Å². The van der Waals surface area contributed by atoms with E-state index in [-0.39, 0.29) is 0 Å². The highest BCUT2D eigenvalue weighted by Crippen LogP contribution is 2.39. The molecule has 2 N–H and O–H groups in total. The number of halogens is 2. The molecule has 0 amide bonds. The average Bonchev–Trinajstić information content (AvgIpc) is 1.94. The van der Waals surface area contributed by atoms with Crippen molar-refractivity contribution in [1.29, 1.82) is 0 Å². The van der Waals surface area contributed by atoms with Gasteiger partial charge in [-0.1, -0.05) is 28.1 Å². The number of rotatable bonds is 1. The highest BCUT2D eigenvalue weighted by molar-refractivity contribution is 9.14. The molecule has 0 aromatic heterocycles. The summed E-state index contributed by atoms with van der Waals surface area (Å²) in [5.41, 5.74) is 0. The standard InChI is InChI=1S/C7H6Br2O3/c8-5-3-1-2-4(6(10)11)7(5,9)12/h1-4,12H,(H,10,11). The van der Waals surface area contributed by atoms with Crippen molar-refractivity contribution in [1.82, 2.24) is 0 Å². The van der Waals surface area contributed by atoms with Gasteiger partial charge in [-0.15, -0.1) is 0 Å². The van der Waals surface area contributed by atoms with Crippen LogP contribution in [0.25, 0.3) is 0 Å². The first-order chi connectivity index (χ1) is 5.46. The minimum Gasteiger partial charge on any atom is -0.481 e. The summed E-state index contributed by atoms with van der Waals surface area (Å²) in [5, 5.41) is 18.3. The molecule has 0 aromatic rings. The summed E-state index contributed by atoms with van der Waals surface area (Å²) in [5.74, 6) is -2.03. The molecular weight excluding hydrogens is 292 g/mol. The van der Waals surface area contributed by atoms with E-state index in [0.717, 1.165) is 0 Å². The molecule has 2 unspecified atom stereocenters.